The second-order valence-corrected chi connectivity index (χ2v) is 4.55. The van der Waals surface area contributed by atoms with E-state index in [0.717, 1.165) is 12.1 Å². The average molecular weight is 324 g/mol. The summed E-state index contributed by atoms with van der Waals surface area (Å²) in [7, 11) is 0. The van der Waals surface area contributed by atoms with Crippen LogP contribution < -0.4 is 5.43 Å². The van der Waals surface area contributed by atoms with Crippen molar-refractivity contribution in [2.45, 2.75) is 20.8 Å². The number of non-ortho nitro benzene ring substituents is 1. The molecule has 1 aromatic carbocycles. The van der Waals surface area contributed by atoms with Crippen molar-refractivity contribution in [2.24, 2.45) is 11.0 Å². The number of anilines is 1. The number of ether oxygens (including phenoxy) is 1. The number of nitrogens with zero attached hydrogens (tertiary/aromatic N) is 3. The molecule has 10 nitrogen and oxygen atoms in total. The highest BCUT2D eigenvalue weighted by Crippen LogP contribution is 2.29. The lowest BCUT2D eigenvalue weighted by atomic mass is 10.1. The highest BCUT2D eigenvalue weighted by molar-refractivity contribution is 6.00. The average Bonchev–Trinajstić information content (AvgIpc) is 2.51. The molecule has 1 unspecified atom stereocenters. The largest absolute Gasteiger partial charge is 0.465 e. The first-order valence-corrected chi connectivity index (χ1v) is 6.67. The third kappa shape index (κ3) is 4.73. The van der Waals surface area contributed by atoms with Crippen LogP contribution in [0.5, 0.6) is 0 Å². The molecule has 1 atom stereocenters. The topological polar surface area (TPSA) is 137 Å². The van der Waals surface area contributed by atoms with E-state index >= 15 is 0 Å². The first-order valence-electron chi connectivity index (χ1n) is 6.67. The molecule has 10 heteroatoms. The molecule has 0 aliphatic heterocycles. The number of nitro benzene ring substituents is 2. The molecule has 0 saturated carbocycles. The molecule has 0 saturated heterocycles. The molecule has 0 aliphatic carbocycles. The van der Waals surface area contributed by atoms with Gasteiger partial charge < -0.3 is 4.74 Å². The molecule has 0 amide bonds. The number of esters is 1. The molecule has 0 radical (unpaired) electrons. The standard InChI is InChI=1S/C13H16N4O6/c1-4-23-13(18)8(2)9(3)14-15-11-6-5-10(16(19)20)7-12(11)17(21)22/h5-8,15H,4H2,1-3H3/b14-9+. The lowest BCUT2D eigenvalue weighted by molar-refractivity contribution is -0.393. The number of hydrogen-bond acceptors (Lipinski definition) is 8. The Labute approximate surface area is 131 Å². The van der Waals surface area contributed by atoms with Gasteiger partial charge in [-0.25, -0.2) is 0 Å². The van der Waals surface area contributed by atoms with Gasteiger partial charge in [-0.1, -0.05) is 0 Å². The third-order valence-corrected chi connectivity index (χ3v) is 3.01. The van der Waals surface area contributed by atoms with Crippen LogP contribution in [0, 0.1) is 26.1 Å². The summed E-state index contributed by atoms with van der Waals surface area (Å²) in [5, 5.41) is 25.6. The van der Waals surface area contributed by atoms with Gasteiger partial charge in [-0.05, 0) is 26.8 Å². The lowest BCUT2D eigenvalue weighted by Gasteiger charge is -2.10. The molecule has 0 heterocycles. The second kappa shape index (κ2) is 7.82. The highest BCUT2D eigenvalue weighted by Gasteiger charge is 2.20. The van der Waals surface area contributed by atoms with Gasteiger partial charge in [0.2, 0.25) is 0 Å². The van der Waals surface area contributed by atoms with Crippen LogP contribution in [0.3, 0.4) is 0 Å². The van der Waals surface area contributed by atoms with Crippen molar-refractivity contribution in [2.75, 3.05) is 12.0 Å². The van der Waals surface area contributed by atoms with Crippen LogP contribution in [-0.2, 0) is 9.53 Å². The van der Waals surface area contributed by atoms with Crippen molar-refractivity contribution in [3.63, 3.8) is 0 Å². The van der Waals surface area contributed by atoms with Crippen LogP contribution in [0.1, 0.15) is 20.8 Å². The van der Waals surface area contributed by atoms with Gasteiger partial charge >= 0.3 is 11.7 Å². The molecule has 1 rings (SSSR count). The Hall–Kier alpha value is -3.04. The van der Waals surface area contributed by atoms with Crippen LogP contribution in [-0.4, -0.2) is 28.1 Å². The van der Waals surface area contributed by atoms with E-state index in [1.165, 1.54) is 6.07 Å². The summed E-state index contributed by atoms with van der Waals surface area (Å²) >= 11 is 0. The molecule has 0 aromatic heterocycles. The monoisotopic (exact) mass is 324 g/mol. The maximum atomic E-state index is 11.6. The van der Waals surface area contributed by atoms with Crippen LogP contribution in [0.2, 0.25) is 0 Å². The van der Waals surface area contributed by atoms with E-state index in [-0.39, 0.29) is 12.3 Å². The van der Waals surface area contributed by atoms with Crippen LogP contribution in [0.15, 0.2) is 23.3 Å². The van der Waals surface area contributed by atoms with Crippen molar-refractivity contribution in [3.8, 4) is 0 Å². The van der Waals surface area contributed by atoms with Gasteiger partial charge in [0, 0.05) is 11.8 Å². The summed E-state index contributed by atoms with van der Waals surface area (Å²) in [5.74, 6) is -1.09. The van der Waals surface area contributed by atoms with Crippen molar-refractivity contribution >= 4 is 28.7 Å². The maximum Gasteiger partial charge on any atom is 0.314 e. The molecular formula is C13H16N4O6. The Bertz CT molecular complexity index is 658. The fourth-order valence-corrected chi connectivity index (χ4v) is 1.56. The van der Waals surface area contributed by atoms with Crippen molar-refractivity contribution in [1.29, 1.82) is 0 Å². The van der Waals surface area contributed by atoms with Gasteiger partial charge in [0.1, 0.15) is 5.69 Å². The predicted molar refractivity (Wildman–Crippen MR) is 82.3 cm³/mol. The van der Waals surface area contributed by atoms with E-state index in [4.69, 9.17) is 4.74 Å². The summed E-state index contributed by atoms with van der Waals surface area (Å²) in [5.41, 5.74) is 1.91. The summed E-state index contributed by atoms with van der Waals surface area (Å²) in [4.78, 5) is 31.7. The Morgan fingerprint density at radius 2 is 2.00 bits per heavy atom. The molecule has 0 bridgehead atoms. The zero-order valence-electron chi connectivity index (χ0n) is 12.8. The number of carbonyl (C=O) groups is 1. The van der Waals surface area contributed by atoms with E-state index in [1.807, 2.05) is 0 Å². The summed E-state index contributed by atoms with van der Waals surface area (Å²) in [6.45, 7) is 5.06. The quantitative estimate of drug-likeness (QED) is 0.352. The van der Waals surface area contributed by atoms with E-state index in [9.17, 15) is 25.0 Å². The Morgan fingerprint density at radius 3 is 2.52 bits per heavy atom. The zero-order valence-corrected chi connectivity index (χ0v) is 12.8. The zero-order chi connectivity index (χ0) is 17.6. The molecular weight excluding hydrogens is 308 g/mol. The van der Waals surface area contributed by atoms with Gasteiger partial charge in [-0.3, -0.25) is 30.4 Å². The van der Waals surface area contributed by atoms with E-state index in [2.05, 4.69) is 10.5 Å². The van der Waals surface area contributed by atoms with Crippen molar-refractivity contribution < 1.29 is 19.4 Å². The molecule has 124 valence electrons. The Balaban J connectivity index is 3.00. The molecule has 0 spiro atoms. The minimum absolute atomic E-state index is 0.0176. The van der Waals surface area contributed by atoms with Gasteiger partial charge in [0.25, 0.3) is 5.69 Å². The van der Waals surface area contributed by atoms with E-state index in [0.29, 0.717) is 5.71 Å². The third-order valence-electron chi connectivity index (χ3n) is 3.01. The maximum absolute atomic E-state index is 11.6. The predicted octanol–water partition coefficient (Wildman–Crippen LogP) is 2.49. The number of rotatable bonds is 7. The number of hydrogen-bond donors (Lipinski definition) is 1. The molecule has 0 fully saturated rings. The number of nitro groups is 2. The van der Waals surface area contributed by atoms with Crippen LogP contribution >= 0.6 is 0 Å². The number of carbonyl (C=O) groups excluding carboxylic acids is 1. The summed E-state index contributed by atoms with van der Waals surface area (Å²) in [6.07, 6.45) is 0. The summed E-state index contributed by atoms with van der Waals surface area (Å²) in [6, 6.07) is 3.14. The van der Waals surface area contributed by atoms with Gasteiger partial charge in [0.05, 0.1) is 28.4 Å². The number of nitrogens with one attached hydrogen (secondary N) is 1. The van der Waals surface area contributed by atoms with Gasteiger partial charge in [-0.2, -0.15) is 5.10 Å². The lowest BCUT2D eigenvalue weighted by Crippen LogP contribution is -2.22. The minimum atomic E-state index is -0.755. The normalized spacial score (nSPS) is 12.4. The Morgan fingerprint density at radius 1 is 1.35 bits per heavy atom. The first kappa shape index (κ1) is 18.0. The fourth-order valence-electron chi connectivity index (χ4n) is 1.56. The van der Waals surface area contributed by atoms with Crippen molar-refractivity contribution in [3.05, 3.63) is 38.4 Å². The summed E-state index contributed by atoms with van der Waals surface area (Å²) < 4.78 is 4.85. The molecule has 1 aromatic rings. The fraction of sp³-hybridized carbons (Fsp3) is 0.385. The van der Waals surface area contributed by atoms with E-state index in [1.54, 1.807) is 20.8 Å². The molecule has 1 N–H and O–H groups in total. The molecule has 23 heavy (non-hydrogen) atoms. The first-order chi connectivity index (χ1) is 10.8. The van der Waals surface area contributed by atoms with Crippen molar-refractivity contribution in [1.82, 2.24) is 0 Å². The van der Waals surface area contributed by atoms with Gasteiger partial charge in [-0.15, -0.1) is 0 Å². The van der Waals surface area contributed by atoms with Crippen LogP contribution in [0.4, 0.5) is 17.1 Å². The highest BCUT2D eigenvalue weighted by atomic mass is 16.6. The van der Waals surface area contributed by atoms with Crippen LogP contribution in [0.25, 0.3) is 0 Å². The van der Waals surface area contributed by atoms with Gasteiger partial charge in [0.15, 0.2) is 0 Å². The Kier molecular flexibility index (Phi) is 6.13. The number of hydrazone groups is 1. The second-order valence-electron chi connectivity index (χ2n) is 4.55. The number of benzene rings is 1. The molecule has 0 aliphatic rings. The minimum Gasteiger partial charge on any atom is -0.465 e. The smallest absolute Gasteiger partial charge is 0.314 e. The SMILES string of the molecule is CCOC(=O)C(C)/C(C)=N/Nc1ccc([N+](=O)[O-])cc1[N+](=O)[O-]. The van der Waals surface area contributed by atoms with E-state index < -0.39 is 33.1 Å².